The third kappa shape index (κ3) is 1.63. The zero-order valence-electron chi connectivity index (χ0n) is 10.2. The molecule has 4 nitrogen and oxygen atoms in total. The number of hydrogen-bond donors (Lipinski definition) is 1. The summed E-state index contributed by atoms with van der Waals surface area (Å²) in [4.78, 5) is 8.79. The first-order valence-electron chi connectivity index (χ1n) is 6.19. The Bertz CT molecular complexity index is 534. The van der Waals surface area contributed by atoms with Crippen molar-refractivity contribution in [2.24, 2.45) is 18.2 Å². The minimum Gasteiger partial charge on any atom is -0.331 e. The molecule has 90 valence electrons. The molecule has 2 aromatic rings. The van der Waals surface area contributed by atoms with Crippen LogP contribution in [0.4, 0.5) is 0 Å². The number of rotatable bonds is 3. The molecule has 0 spiro atoms. The molecule has 0 atom stereocenters. The monoisotopic (exact) mass is 230 g/mol. The molecule has 1 aliphatic carbocycles. The van der Waals surface area contributed by atoms with Crippen LogP contribution in [0, 0.1) is 5.41 Å². The Hall–Kier alpha value is -1.42. The van der Waals surface area contributed by atoms with E-state index >= 15 is 0 Å². The zero-order chi connectivity index (χ0) is 11.9. The molecule has 4 heteroatoms. The van der Waals surface area contributed by atoms with E-state index in [1.54, 1.807) is 0 Å². The first-order chi connectivity index (χ1) is 8.24. The Morgan fingerprint density at radius 2 is 2.29 bits per heavy atom. The molecule has 1 saturated carbocycles. The number of aromatic nitrogens is 3. The lowest BCUT2D eigenvalue weighted by atomic mass is 9.66. The van der Waals surface area contributed by atoms with E-state index < -0.39 is 0 Å². The second kappa shape index (κ2) is 3.81. The van der Waals surface area contributed by atoms with Crippen molar-refractivity contribution in [1.82, 2.24) is 14.5 Å². The highest BCUT2D eigenvalue weighted by Crippen LogP contribution is 2.42. The Balaban J connectivity index is 1.98. The van der Waals surface area contributed by atoms with Crippen molar-refractivity contribution in [3.63, 3.8) is 0 Å². The molecule has 0 bridgehead atoms. The van der Waals surface area contributed by atoms with Crippen molar-refractivity contribution in [2.45, 2.75) is 25.7 Å². The quantitative estimate of drug-likeness (QED) is 0.872. The van der Waals surface area contributed by atoms with Gasteiger partial charge in [0.1, 0.15) is 11.3 Å². The van der Waals surface area contributed by atoms with Crippen molar-refractivity contribution >= 4 is 11.0 Å². The Labute approximate surface area is 101 Å². The van der Waals surface area contributed by atoms with Crippen LogP contribution in [0.5, 0.6) is 0 Å². The lowest BCUT2D eigenvalue weighted by Crippen LogP contribution is -2.39. The lowest BCUT2D eigenvalue weighted by Gasteiger charge is -2.40. The standard InChI is InChI=1S/C13H18N4/c1-17-11-3-6-15-8-10(11)16-12(17)7-13(9-14)4-2-5-13/h3,6,8H,2,4-5,7,9,14H2,1H3. The van der Waals surface area contributed by atoms with Gasteiger partial charge in [0.2, 0.25) is 0 Å². The summed E-state index contributed by atoms with van der Waals surface area (Å²) in [5.41, 5.74) is 8.36. The summed E-state index contributed by atoms with van der Waals surface area (Å²) < 4.78 is 2.17. The number of aryl methyl sites for hydroxylation is 1. The molecule has 1 fully saturated rings. The number of imidazole rings is 1. The summed E-state index contributed by atoms with van der Waals surface area (Å²) in [6.45, 7) is 0.772. The van der Waals surface area contributed by atoms with E-state index in [1.165, 1.54) is 19.3 Å². The number of nitrogens with zero attached hydrogens (tertiary/aromatic N) is 3. The number of pyridine rings is 1. The summed E-state index contributed by atoms with van der Waals surface area (Å²) >= 11 is 0. The SMILES string of the molecule is Cn1c(CC2(CN)CCC2)nc2cnccc21. The molecule has 0 aromatic carbocycles. The Morgan fingerprint density at radius 1 is 1.47 bits per heavy atom. The van der Waals surface area contributed by atoms with E-state index in [-0.39, 0.29) is 0 Å². The van der Waals surface area contributed by atoms with Gasteiger partial charge in [-0.25, -0.2) is 4.98 Å². The van der Waals surface area contributed by atoms with Crippen molar-refractivity contribution in [2.75, 3.05) is 6.54 Å². The van der Waals surface area contributed by atoms with E-state index in [1.807, 2.05) is 18.5 Å². The normalized spacial score (nSPS) is 18.2. The summed E-state index contributed by atoms with van der Waals surface area (Å²) in [7, 11) is 2.08. The van der Waals surface area contributed by atoms with Gasteiger partial charge in [-0.15, -0.1) is 0 Å². The number of fused-ring (bicyclic) bond motifs is 1. The van der Waals surface area contributed by atoms with Gasteiger partial charge in [-0.1, -0.05) is 6.42 Å². The zero-order valence-corrected chi connectivity index (χ0v) is 10.2. The summed E-state index contributed by atoms with van der Waals surface area (Å²) in [6.07, 6.45) is 8.43. The second-order valence-corrected chi connectivity index (χ2v) is 5.19. The molecular weight excluding hydrogens is 212 g/mol. The van der Waals surface area contributed by atoms with Crippen LogP contribution in [0.1, 0.15) is 25.1 Å². The van der Waals surface area contributed by atoms with Crippen LogP contribution in [0.15, 0.2) is 18.5 Å². The van der Waals surface area contributed by atoms with Gasteiger partial charge in [0.05, 0.1) is 11.7 Å². The molecule has 0 saturated heterocycles. The highest BCUT2D eigenvalue weighted by Gasteiger charge is 2.36. The molecule has 0 aliphatic heterocycles. The van der Waals surface area contributed by atoms with Crippen molar-refractivity contribution in [3.8, 4) is 0 Å². The van der Waals surface area contributed by atoms with Gasteiger partial charge in [0.15, 0.2) is 0 Å². The van der Waals surface area contributed by atoms with Crippen LogP contribution < -0.4 is 5.73 Å². The van der Waals surface area contributed by atoms with Crippen LogP contribution in [0.3, 0.4) is 0 Å². The van der Waals surface area contributed by atoms with E-state index in [9.17, 15) is 0 Å². The summed E-state index contributed by atoms with van der Waals surface area (Å²) in [5, 5.41) is 0. The first-order valence-corrected chi connectivity index (χ1v) is 6.19. The molecule has 2 N–H and O–H groups in total. The predicted octanol–water partition coefficient (Wildman–Crippen LogP) is 1.64. The molecule has 2 heterocycles. The number of nitrogens with two attached hydrogens (primary N) is 1. The van der Waals surface area contributed by atoms with Crippen molar-refractivity contribution in [1.29, 1.82) is 0 Å². The maximum absolute atomic E-state index is 5.91. The van der Waals surface area contributed by atoms with Gasteiger partial charge in [0.25, 0.3) is 0 Å². The van der Waals surface area contributed by atoms with Gasteiger partial charge in [-0.05, 0) is 30.9 Å². The van der Waals surface area contributed by atoms with Gasteiger partial charge >= 0.3 is 0 Å². The molecule has 0 radical (unpaired) electrons. The fourth-order valence-electron chi connectivity index (χ4n) is 2.73. The summed E-state index contributed by atoms with van der Waals surface area (Å²) in [6, 6.07) is 2.02. The third-order valence-electron chi connectivity index (χ3n) is 4.16. The maximum atomic E-state index is 5.91. The van der Waals surface area contributed by atoms with Gasteiger partial charge < -0.3 is 10.3 Å². The molecular formula is C13H18N4. The highest BCUT2D eigenvalue weighted by molar-refractivity contribution is 5.74. The first kappa shape index (κ1) is 10.7. The second-order valence-electron chi connectivity index (χ2n) is 5.19. The van der Waals surface area contributed by atoms with Gasteiger partial charge in [-0.3, -0.25) is 4.98 Å². The van der Waals surface area contributed by atoms with E-state index in [0.717, 1.165) is 29.8 Å². The van der Waals surface area contributed by atoms with Crippen LogP contribution in [0.25, 0.3) is 11.0 Å². The fourth-order valence-corrected chi connectivity index (χ4v) is 2.73. The molecule has 0 amide bonds. The van der Waals surface area contributed by atoms with Crippen LogP contribution >= 0.6 is 0 Å². The predicted molar refractivity (Wildman–Crippen MR) is 67.6 cm³/mol. The molecule has 2 aromatic heterocycles. The smallest absolute Gasteiger partial charge is 0.110 e. The van der Waals surface area contributed by atoms with Gasteiger partial charge in [0, 0.05) is 19.7 Å². The average molecular weight is 230 g/mol. The van der Waals surface area contributed by atoms with E-state index in [4.69, 9.17) is 5.73 Å². The van der Waals surface area contributed by atoms with Crippen molar-refractivity contribution < 1.29 is 0 Å². The van der Waals surface area contributed by atoms with E-state index in [2.05, 4.69) is 21.6 Å². The molecule has 3 rings (SSSR count). The van der Waals surface area contributed by atoms with Gasteiger partial charge in [-0.2, -0.15) is 0 Å². The minimum atomic E-state index is 0.308. The Morgan fingerprint density at radius 3 is 2.88 bits per heavy atom. The summed E-state index contributed by atoms with van der Waals surface area (Å²) in [5.74, 6) is 1.14. The maximum Gasteiger partial charge on any atom is 0.110 e. The Kier molecular flexibility index (Phi) is 2.40. The van der Waals surface area contributed by atoms with Crippen LogP contribution in [0.2, 0.25) is 0 Å². The van der Waals surface area contributed by atoms with E-state index in [0.29, 0.717) is 5.41 Å². The third-order valence-corrected chi connectivity index (χ3v) is 4.16. The lowest BCUT2D eigenvalue weighted by molar-refractivity contribution is 0.140. The molecule has 0 unspecified atom stereocenters. The fraction of sp³-hybridized carbons (Fsp3) is 0.538. The minimum absolute atomic E-state index is 0.308. The van der Waals surface area contributed by atoms with Crippen LogP contribution in [-0.2, 0) is 13.5 Å². The highest BCUT2D eigenvalue weighted by atomic mass is 15.1. The molecule has 17 heavy (non-hydrogen) atoms. The molecule has 1 aliphatic rings. The number of hydrogen-bond acceptors (Lipinski definition) is 3. The topological polar surface area (TPSA) is 56.7 Å². The van der Waals surface area contributed by atoms with Crippen molar-refractivity contribution in [3.05, 3.63) is 24.3 Å². The average Bonchev–Trinajstić information content (AvgIpc) is 2.62. The van der Waals surface area contributed by atoms with Crippen LogP contribution in [-0.4, -0.2) is 21.1 Å². The largest absolute Gasteiger partial charge is 0.331 e.